The Morgan fingerprint density at radius 3 is 2.77 bits per heavy atom. The standard InChI is InChI=1S/C12H21N/c1-3-10(4-2)13-12-8-9-6-5-7-11(9)12/h5,7,9-13H,3-4,6,8H2,1-2H3. The van der Waals surface area contributed by atoms with Crippen LogP contribution in [0.4, 0.5) is 0 Å². The van der Waals surface area contributed by atoms with Crippen molar-refractivity contribution in [2.24, 2.45) is 11.8 Å². The molecule has 1 saturated carbocycles. The molecule has 0 heterocycles. The van der Waals surface area contributed by atoms with Gasteiger partial charge in [0.1, 0.15) is 0 Å². The van der Waals surface area contributed by atoms with Crippen molar-refractivity contribution >= 4 is 0 Å². The lowest BCUT2D eigenvalue weighted by Crippen LogP contribution is -2.51. The Morgan fingerprint density at radius 2 is 2.15 bits per heavy atom. The summed E-state index contributed by atoms with van der Waals surface area (Å²) in [4.78, 5) is 0. The molecular formula is C12H21N. The second-order valence-electron chi connectivity index (χ2n) is 4.52. The third-order valence-corrected chi connectivity index (χ3v) is 3.80. The highest BCUT2D eigenvalue weighted by atomic mass is 15.0. The summed E-state index contributed by atoms with van der Waals surface area (Å²) in [6, 6.07) is 1.55. The van der Waals surface area contributed by atoms with E-state index in [0.717, 1.165) is 23.9 Å². The third-order valence-electron chi connectivity index (χ3n) is 3.80. The minimum Gasteiger partial charge on any atom is -0.311 e. The molecule has 0 radical (unpaired) electrons. The van der Waals surface area contributed by atoms with Crippen LogP contribution in [0, 0.1) is 11.8 Å². The molecule has 0 bridgehead atoms. The highest BCUT2D eigenvalue weighted by Crippen LogP contribution is 2.42. The average Bonchev–Trinajstić information content (AvgIpc) is 2.49. The zero-order valence-electron chi connectivity index (χ0n) is 8.79. The lowest BCUT2D eigenvalue weighted by Gasteiger charge is -2.42. The number of nitrogens with one attached hydrogen (secondary N) is 1. The Morgan fingerprint density at radius 1 is 1.38 bits per heavy atom. The Bertz CT molecular complexity index is 193. The number of allylic oxidation sites excluding steroid dienone is 1. The van der Waals surface area contributed by atoms with Crippen molar-refractivity contribution in [3.63, 3.8) is 0 Å². The van der Waals surface area contributed by atoms with E-state index in [-0.39, 0.29) is 0 Å². The Hall–Kier alpha value is -0.300. The molecule has 0 aromatic heterocycles. The van der Waals surface area contributed by atoms with Crippen LogP contribution >= 0.6 is 0 Å². The van der Waals surface area contributed by atoms with E-state index in [1.165, 1.54) is 25.7 Å². The van der Waals surface area contributed by atoms with Gasteiger partial charge in [0.05, 0.1) is 0 Å². The van der Waals surface area contributed by atoms with Crippen molar-refractivity contribution in [2.75, 3.05) is 0 Å². The van der Waals surface area contributed by atoms with E-state index >= 15 is 0 Å². The van der Waals surface area contributed by atoms with Crippen LogP contribution in [0.5, 0.6) is 0 Å². The van der Waals surface area contributed by atoms with Crippen molar-refractivity contribution in [1.82, 2.24) is 5.32 Å². The van der Waals surface area contributed by atoms with Gasteiger partial charge in [-0.25, -0.2) is 0 Å². The number of hydrogen-bond acceptors (Lipinski definition) is 1. The van der Waals surface area contributed by atoms with Crippen molar-refractivity contribution in [2.45, 2.75) is 51.6 Å². The average molecular weight is 179 g/mol. The van der Waals surface area contributed by atoms with Crippen LogP contribution < -0.4 is 5.32 Å². The monoisotopic (exact) mass is 179 g/mol. The molecule has 74 valence electrons. The zero-order valence-corrected chi connectivity index (χ0v) is 8.79. The van der Waals surface area contributed by atoms with Crippen LogP contribution in [0.15, 0.2) is 12.2 Å². The molecule has 0 aliphatic heterocycles. The number of fused-ring (bicyclic) bond motifs is 1. The van der Waals surface area contributed by atoms with Crippen LogP contribution in [0.2, 0.25) is 0 Å². The normalized spacial score (nSPS) is 36.4. The Labute approximate surface area is 81.6 Å². The van der Waals surface area contributed by atoms with Crippen molar-refractivity contribution in [1.29, 1.82) is 0 Å². The minimum absolute atomic E-state index is 0.750. The van der Waals surface area contributed by atoms with Gasteiger partial charge in [-0.1, -0.05) is 26.0 Å². The highest BCUT2D eigenvalue weighted by Gasteiger charge is 2.41. The Kier molecular flexibility index (Phi) is 2.73. The van der Waals surface area contributed by atoms with Crippen LogP contribution in [0.3, 0.4) is 0 Å². The molecule has 0 saturated heterocycles. The van der Waals surface area contributed by atoms with Crippen LogP contribution in [-0.2, 0) is 0 Å². The second-order valence-corrected chi connectivity index (χ2v) is 4.52. The molecule has 1 fully saturated rings. The first-order valence-corrected chi connectivity index (χ1v) is 5.77. The first kappa shape index (κ1) is 9.26. The third kappa shape index (κ3) is 1.67. The molecule has 0 amide bonds. The minimum atomic E-state index is 0.750. The molecule has 0 aromatic carbocycles. The smallest absolute Gasteiger partial charge is 0.0138 e. The maximum Gasteiger partial charge on any atom is 0.0138 e. The lowest BCUT2D eigenvalue weighted by atomic mass is 9.71. The van der Waals surface area contributed by atoms with Gasteiger partial charge in [-0.3, -0.25) is 0 Å². The molecular weight excluding hydrogens is 158 g/mol. The van der Waals surface area contributed by atoms with Crippen LogP contribution in [-0.4, -0.2) is 12.1 Å². The van der Waals surface area contributed by atoms with Crippen LogP contribution in [0.1, 0.15) is 39.5 Å². The topological polar surface area (TPSA) is 12.0 Å². The fourth-order valence-corrected chi connectivity index (χ4v) is 2.73. The summed E-state index contributed by atoms with van der Waals surface area (Å²) in [6.45, 7) is 4.56. The van der Waals surface area contributed by atoms with E-state index in [9.17, 15) is 0 Å². The molecule has 1 heteroatoms. The summed E-state index contributed by atoms with van der Waals surface area (Å²) in [6.07, 6.45) is 10.1. The predicted octanol–water partition coefficient (Wildman–Crippen LogP) is 2.73. The zero-order chi connectivity index (χ0) is 9.26. The molecule has 2 aliphatic carbocycles. The molecule has 13 heavy (non-hydrogen) atoms. The highest BCUT2D eigenvalue weighted by molar-refractivity contribution is 5.13. The molecule has 0 spiro atoms. The van der Waals surface area contributed by atoms with Gasteiger partial charge in [-0.05, 0) is 37.5 Å². The second kappa shape index (κ2) is 3.83. The summed E-state index contributed by atoms with van der Waals surface area (Å²) >= 11 is 0. The fraction of sp³-hybridized carbons (Fsp3) is 0.833. The van der Waals surface area contributed by atoms with Gasteiger partial charge < -0.3 is 5.32 Å². The number of hydrogen-bond donors (Lipinski definition) is 1. The van der Waals surface area contributed by atoms with E-state index in [1.54, 1.807) is 0 Å². The molecule has 3 unspecified atom stereocenters. The van der Waals surface area contributed by atoms with E-state index in [1.807, 2.05) is 0 Å². The largest absolute Gasteiger partial charge is 0.311 e. The quantitative estimate of drug-likeness (QED) is 0.654. The van der Waals surface area contributed by atoms with Gasteiger partial charge in [-0.15, -0.1) is 0 Å². The van der Waals surface area contributed by atoms with Gasteiger partial charge in [0.15, 0.2) is 0 Å². The maximum absolute atomic E-state index is 3.77. The summed E-state index contributed by atoms with van der Waals surface area (Å²) in [5, 5.41) is 3.77. The first-order valence-electron chi connectivity index (χ1n) is 5.77. The van der Waals surface area contributed by atoms with Crippen molar-refractivity contribution in [3.8, 4) is 0 Å². The van der Waals surface area contributed by atoms with Crippen LogP contribution in [0.25, 0.3) is 0 Å². The number of rotatable bonds is 4. The SMILES string of the molecule is CCC(CC)NC1CC2CC=CC21. The van der Waals surface area contributed by atoms with E-state index < -0.39 is 0 Å². The van der Waals surface area contributed by atoms with Gasteiger partial charge in [0.2, 0.25) is 0 Å². The molecule has 2 aliphatic rings. The molecule has 1 N–H and O–H groups in total. The maximum atomic E-state index is 3.77. The molecule has 2 rings (SSSR count). The van der Waals surface area contributed by atoms with Crippen molar-refractivity contribution in [3.05, 3.63) is 12.2 Å². The molecule has 3 atom stereocenters. The fourth-order valence-electron chi connectivity index (χ4n) is 2.73. The summed E-state index contributed by atoms with van der Waals surface area (Å²) in [5.41, 5.74) is 0. The van der Waals surface area contributed by atoms with Gasteiger partial charge in [0.25, 0.3) is 0 Å². The van der Waals surface area contributed by atoms with Gasteiger partial charge in [-0.2, -0.15) is 0 Å². The van der Waals surface area contributed by atoms with E-state index in [4.69, 9.17) is 0 Å². The lowest BCUT2D eigenvalue weighted by molar-refractivity contribution is 0.147. The predicted molar refractivity (Wildman–Crippen MR) is 56.6 cm³/mol. The first-order chi connectivity index (χ1) is 6.35. The van der Waals surface area contributed by atoms with E-state index in [2.05, 4.69) is 31.3 Å². The summed E-state index contributed by atoms with van der Waals surface area (Å²) in [5.74, 6) is 1.87. The van der Waals surface area contributed by atoms with Gasteiger partial charge in [0, 0.05) is 12.1 Å². The molecule has 1 nitrogen and oxygen atoms in total. The molecule has 0 aromatic rings. The van der Waals surface area contributed by atoms with Crippen molar-refractivity contribution < 1.29 is 0 Å². The summed E-state index contributed by atoms with van der Waals surface area (Å²) in [7, 11) is 0. The Balaban J connectivity index is 1.80. The van der Waals surface area contributed by atoms with Gasteiger partial charge >= 0.3 is 0 Å². The summed E-state index contributed by atoms with van der Waals surface area (Å²) < 4.78 is 0. The van der Waals surface area contributed by atoms with E-state index in [0.29, 0.717) is 0 Å².